The van der Waals surface area contributed by atoms with Gasteiger partial charge in [0.1, 0.15) is 22.4 Å². The fourth-order valence-corrected chi connectivity index (χ4v) is 11.7. The van der Waals surface area contributed by atoms with Crippen molar-refractivity contribution in [3.63, 3.8) is 0 Å². The van der Waals surface area contributed by atoms with Gasteiger partial charge >= 0.3 is 43.2 Å². The molecule has 98 heavy (non-hydrogen) atoms. The monoisotopic (exact) mass is 1520 g/mol. The number of nitrogens with zero attached hydrogens (tertiary/aromatic N) is 6. The van der Waals surface area contributed by atoms with E-state index in [1.165, 1.54) is 61.1 Å². The smallest absolute Gasteiger partial charge is 0.388 e. The van der Waals surface area contributed by atoms with Gasteiger partial charge in [0.25, 0.3) is 31.9 Å². The molecule has 536 valence electrons. The second-order valence-electron chi connectivity index (χ2n) is 18.9. The minimum absolute atomic E-state index is 0.0612. The number of alkyl halides is 4. The molecule has 8 N–H and O–H groups in total. The van der Waals surface area contributed by atoms with Crippen LogP contribution < -0.4 is 54.1 Å². The van der Waals surface area contributed by atoms with Crippen LogP contribution in [0, 0.1) is 0 Å². The molecule has 5 aromatic rings. The van der Waals surface area contributed by atoms with Gasteiger partial charge in [-0.2, -0.15) is 45.9 Å². The van der Waals surface area contributed by atoms with Crippen molar-refractivity contribution in [1.29, 1.82) is 0 Å². The topological polar surface area (TPSA) is 497 Å². The minimum atomic E-state index is -4.71. The number of carbonyl (C=O) groups excluding carboxylic acids is 5. The van der Waals surface area contributed by atoms with Crippen molar-refractivity contribution in [3.05, 3.63) is 105 Å². The minimum Gasteiger partial charge on any atom is -0.778 e. The Balaban J connectivity index is 0.000000348. The number of hydrogen-bond acceptors (Lipinski definition) is 26. The van der Waals surface area contributed by atoms with Gasteiger partial charge in [-0.1, -0.05) is 42.3 Å². The van der Waals surface area contributed by atoms with E-state index in [9.17, 15) is 85.8 Å². The molecule has 6 amide bonds. The molecular weight excluding hydrogens is 1460 g/mol. The predicted octanol–water partition coefficient (Wildman–Crippen LogP) is 4.97. The number of hydrogen-bond donors (Lipinski definition) is 8. The van der Waals surface area contributed by atoms with Crippen LogP contribution in [0.5, 0.6) is 23.5 Å². The van der Waals surface area contributed by atoms with Crippen molar-refractivity contribution >= 4 is 137 Å². The van der Waals surface area contributed by atoms with Crippen LogP contribution in [0.4, 0.5) is 44.7 Å². The van der Waals surface area contributed by atoms with Crippen LogP contribution in [0.3, 0.4) is 0 Å². The Bertz CT molecular complexity index is 4120. The number of amides is 6. The van der Waals surface area contributed by atoms with E-state index in [1.807, 2.05) is 5.32 Å². The fourth-order valence-electron chi connectivity index (χ4n) is 7.34. The zero-order chi connectivity index (χ0) is 74.0. The molecule has 1 aliphatic carbocycles. The lowest BCUT2D eigenvalue weighted by atomic mass is 9.93. The van der Waals surface area contributed by atoms with Crippen LogP contribution in [0.1, 0.15) is 55.5 Å². The number of sulfonamides is 2. The van der Waals surface area contributed by atoms with Crippen LogP contribution in [0.15, 0.2) is 104 Å². The van der Waals surface area contributed by atoms with Crippen molar-refractivity contribution in [1.82, 2.24) is 39.7 Å². The Morgan fingerprint density at radius 3 is 1.68 bits per heavy atom. The maximum atomic E-state index is 12.7. The number of ether oxygens (including phenoxy) is 5. The zero-order valence-electron chi connectivity index (χ0n) is 51.9. The molecule has 34 nitrogen and oxygen atoms in total. The third-order valence-corrected chi connectivity index (χ3v) is 17.0. The molecule has 3 aromatic heterocycles. The lowest BCUT2D eigenvalue weighted by Crippen LogP contribution is -2.36. The summed E-state index contributed by atoms with van der Waals surface area (Å²) in [4.78, 5) is 118. The lowest BCUT2D eigenvalue weighted by Gasteiger charge is -2.16. The number of rotatable bonds is 23. The number of methoxy groups -OCH3 is 2. The number of sulfone groups is 1. The van der Waals surface area contributed by atoms with E-state index in [2.05, 4.69) is 58.5 Å². The number of anilines is 3. The summed E-state index contributed by atoms with van der Waals surface area (Å²) in [5.74, 6) is -7.37. The molecule has 0 radical (unpaired) electrons. The van der Waals surface area contributed by atoms with Gasteiger partial charge in [0.05, 0.1) is 81.6 Å². The van der Waals surface area contributed by atoms with Crippen molar-refractivity contribution in [2.45, 2.75) is 67.6 Å². The first-order chi connectivity index (χ1) is 45.7. The summed E-state index contributed by atoms with van der Waals surface area (Å²) >= 11 is 12.1. The molecular formula is C53H60Cl2F4N11O23PS4. The zero-order valence-corrected chi connectivity index (χ0v) is 57.5. The molecule has 1 atom stereocenters. The van der Waals surface area contributed by atoms with Crippen LogP contribution in [-0.2, 0) is 69.3 Å². The van der Waals surface area contributed by atoms with Crippen molar-refractivity contribution in [2.75, 3.05) is 73.7 Å². The molecule has 7 rings (SSSR count). The van der Waals surface area contributed by atoms with Crippen LogP contribution in [0.25, 0.3) is 6.08 Å². The van der Waals surface area contributed by atoms with E-state index in [0.717, 1.165) is 37.2 Å². The molecule has 1 aliphatic heterocycles. The fraction of sp³-hybridized carbons (Fsp3) is 0.321. The number of aliphatic carboxylic acids is 1. The average molecular weight is 1530 g/mol. The van der Waals surface area contributed by atoms with Gasteiger partial charge in [-0.05, 0) is 97.6 Å². The number of aromatic nitrogens is 5. The average Bonchev–Trinajstić information content (AvgIpc) is 1.59. The number of urea groups is 2. The number of benzene rings is 2. The molecule has 0 bridgehead atoms. The Hall–Kier alpha value is -8.87. The summed E-state index contributed by atoms with van der Waals surface area (Å²) < 4.78 is 158. The molecule has 0 fully saturated rings. The van der Waals surface area contributed by atoms with Crippen molar-refractivity contribution in [2.24, 2.45) is 0 Å². The van der Waals surface area contributed by atoms with E-state index >= 15 is 0 Å². The number of imide groups is 1. The summed E-state index contributed by atoms with van der Waals surface area (Å²) in [6, 6.07) is 10.4. The standard InChI is InChI=1S/C19H17Cl2NO4.C14H10F4N4O7S.C14H17N5O7S2.C3H8NO5P.C3H9S/c1-2-26-19(25)16(21)10-11-9-12(7-8-15(11)20)22-17(23)13-5-3-4-6-14(13)18(22)24;15-11(16)28-8-5-9(29-12(17)18)20-13(19-8)21-14(25)22-30(26,27)7-4-2-1-3-6(7)10(23)24;1-4-27(21,22)9-6-5-7-15-12(9)28(23,24)19-14(20)18-13-16-10(25-2)8-11(17-13)26-3;5-3(6)1-4-2-10(7,8)9;1-4(2)3/h7-10H,2-6H2,1H3;1-5,11-12H,(H,23,24)(H2,19,20,21,22,25);5-8H,4H2,1-3H3,(H2,16,17,18,19,20);4H,1-2H2,(H,5,6)(H2,7,8,9);1-3H3/q;;;;+1/p-1/b16-10-;;;;. The highest BCUT2D eigenvalue weighted by atomic mass is 35.5. The number of esters is 1. The highest BCUT2D eigenvalue weighted by Crippen LogP contribution is 2.37. The summed E-state index contributed by atoms with van der Waals surface area (Å²) in [5, 5.41) is 22.2. The van der Waals surface area contributed by atoms with Crippen LogP contribution >= 0.6 is 30.8 Å². The first-order valence-corrected chi connectivity index (χ1v) is 36.6. The van der Waals surface area contributed by atoms with Crippen molar-refractivity contribution < 1.29 is 125 Å². The summed E-state index contributed by atoms with van der Waals surface area (Å²) in [5.41, 5.74) is 1.40. The quantitative estimate of drug-likeness (QED) is 0.0107. The van der Waals surface area contributed by atoms with Gasteiger partial charge in [0.2, 0.25) is 35.4 Å². The van der Waals surface area contributed by atoms with Gasteiger partial charge in [0, 0.05) is 22.4 Å². The number of nitrogens with one attached hydrogen (secondary N) is 5. The maximum Gasteiger partial charge on any atom is 0.388 e. The van der Waals surface area contributed by atoms with Gasteiger partial charge in [0.15, 0.2) is 14.9 Å². The number of carbonyl (C=O) groups is 7. The van der Waals surface area contributed by atoms with E-state index < -0.39 is 132 Å². The Kier molecular flexibility index (Phi) is 32.6. The summed E-state index contributed by atoms with van der Waals surface area (Å²) in [6.45, 7) is -4.07. The highest BCUT2D eigenvalue weighted by molar-refractivity contribution is 7.94. The molecule has 4 heterocycles. The first kappa shape index (κ1) is 83.4. The molecule has 2 aliphatic rings. The maximum absolute atomic E-state index is 12.7. The van der Waals surface area contributed by atoms with Gasteiger partial charge in [-0.15, -0.1) is 0 Å². The number of pyridine rings is 1. The summed E-state index contributed by atoms with van der Waals surface area (Å²) in [6.07, 6.45) is 11.4. The van der Waals surface area contributed by atoms with Crippen LogP contribution in [0.2, 0.25) is 5.02 Å². The number of carboxylic acids is 2. The Morgan fingerprint density at radius 1 is 0.745 bits per heavy atom. The van der Waals surface area contributed by atoms with E-state index in [0.29, 0.717) is 57.2 Å². The van der Waals surface area contributed by atoms with Gasteiger partial charge in [-0.3, -0.25) is 30.3 Å². The lowest BCUT2D eigenvalue weighted by molar-refractivity contribution is -0.193. The molecule has 0 saturated carbocycles. The number of halogens is 6. The second kappa shape index (κ2) is 38.3. The van der Waals surface area contributed by atoms with E-state index in [4.69, 9.17) is 52.5 Å². The molecule has 1 unspecified atom stereocenters. The largest absolute Gasteiger partial charge is 0.778 e. The Morgan fingerprint density at radius 2 is 1.22 bits per heavy atom. The predicted molar refractivity (Wildman–Crippen MR) is 340 cm³/mol. The summed E-state index contributed by atoms with van der Waals surface area (Å²) in [7, 11) is -14.3. The van der Waals surface area contributed by atoms with Crippen LogP contribution in [-0.4, -0.2) is 178 Å². The Labute approximate surface area is 568 Å². The second-order valence-corrected chi connectivity index (χ2v) is 29.3. The van der Waals surface area contributed by atoms with Gasteiger partial charge < -0.3 is 48.2 Å². The molecule has 0 saturated heterocycles. The first-order valence-electron chi connectivity index (χ1n) is 27.0. The van der Waals surface area contributed by atoms with E-state index in [-0.39, 0.29) is 46.9 Å². The van der Waals surface area contributed by atoms with E-state index in [1.54, 1.807) is 35.2 Å². The molecule has 45 heteroatoms. The third kappa shape index (κ3) is 27.2. The highest BCUT2D eigenvalue weighted by Gasteiger charge is 2.40. The normalized spacial score (nSPS) is 13.4. The number of carboxylic acid groups (broad SMARTS) is 2. The molecule has 0 spiro atoms. The SMILES string of the molecule is CCOC(=O)/C(Cl)=C/c1cc(N2C(=O)C3=C(CCCC3)C2=O)ccc1Cl.CCS(=O)(=O)c1cccnc1S(=O)(=O)NC(=O)Nc1nc(OC)cc(OC)n1.C[S+](C)C.O=C(Nc1nc(OC(F)F)cc(OC(F)F)n1)NS(=O)(=O)c1ccccc1C(=O)O.O=C(O)CNCP(=O)([O-])O. The molecule has 2 aromatic carbocycles. The van der Waals surface area contributed by atoms with Crippen molar-refractivity contribution in [3.8, 4) is 23.5 Å². The van der Waals surface area contributed by atoms with Gasteiger partial charge in [-0.25, -0.2) is 55.3 Å². The third-order valence-electron chi connectivity index (χ3n) is 11.2. The number of aromatic carboxylic acids is 1.